The molecule has 0 fully saturated rings. The number of rotatable bonds is 4. The van der Waals surface area contributed by atoms with Crippen LogP contribution in [-0.4, -0.2) is 9.85 Å². The van der Waals surface area contributed by atoms with Gasteiger partial charge in [0.2, 0.25) is 0 Å². The maximum absolute atomic E-state index is 11.0. The van der Waals surface area contributed by atoms with Gasteiger partial charge in [-0.1, -0.05) is 29.5 Å². The van der Waals surface area contributed by atoms with E-state index in [1.165, 1.54) is 17.8 Å². The molecule has 0 radical (unpaired) electrons. The molecule has 0 amide bonds. The minimum atomic E-state index is -0.619. The van der Waals surface area contributed by atoms with Gasteiger partial charge in [-0.25, -0.2) is 0 Å². The molecule has 108 valence electrons. The highest BCUT2D eigenvalue weighted by Crippen LogP contribution is 2.37. The van der Waals surface area contributed by atoms with E-state index >= 15 is 0 Å². The highest BCUT2D eigenvalue weighted by molar-refractivity contribution is 7.99. The van der Waals surface area contributed by atoms with E-state index in [0.29, 0.717) is 10.5 Å². The molecule has 0 bridgehead atoms. The van der Waals surface area contributed by atoms with E-state index in [9.17, 15) is 20.2 Å². The number of nitro benzene ring substituents is 2. The molecule has 6 nitrogen and oxygen atoms in total. The van der Waals surface area contributed by atoms with Crippen molar-refractivity contribution in [1.29, 1.82) is 0 Å². The third-order valence-electron chi connectivity index (χ3n) is 2.97. The van der Waals surface area contributed by atoms with E-state index < -0.39 is 9.85 Å². The van der Waals surface area contributed by atoms with E-state index in [1.807, 2.05) is 31.2 Å². The van der Waals surface area contributed by atoms with Crippen LogP contribution in [0.3, 0.4) is 0 Å². The summed E-state index contributed by atoms with van der Waals surface area (Å²) in [6, 6.07) is 9.96. The molecule has 21 heavy (non-hydrogen) atoms. The molecule has 0 N–H and O–H groups in total. The SMILES string of the molecule is Cc1ccc(Sc2cc([N+](=O)[O-])cc([N+](=O)[O-])c2C)cc1. The molecule has 0 aliphatic carbocycles. The lowest BCUT2D eigenvalue weighted by Crippen LogP contribution is -1.97. The van der Waals surface area contributed by atoms with Crippen LogP contribution >= 0.6 is 11.8 Å². The summed E-state index contributed by atoms with van der Waals surface area (Å²) in [6.07, 6.45) is 0. The second-order valence-corrected chi connectivity index (χ2v) is 5.63. The van der Waals surface area contributed by atoms with E-state index in [0.717, 1.165) is 16.5 Å². The summed E-state index contributed by atoms with van der Waals surface area (Å²) in [6.45, 7) is 3.55. The van der Waals surface area contributed by atoms with Crippen molar-refractivity contribution >= 4 is 23.1 Å². The fraction of sp³-hybridized carbons (Fsp3) is 0.143. The van der Waals surface area contributed by atoms with Crippen molar-refractivity contribution in [1.82, 2.24) is 0 Å². The predicted molar refractivity (Wildman–Crippen MR) is 79.8 cm³/mol. The van der Waals surface area contributed by atoms with Crippen molar-refractivity contribution in [2.75, 3.05) is 0 Å². The first-order valence-electron chi connectivity index (χ1n) is 6.06. The van der Waals surface area contributed by atoms with Crippen LogP contribution in [0.15, 0.2) is 46.2 Å². The second kappa shape index (κ2) is 5.92. The predicted octanol–water partition coefficient (Wildman–Crippen LogP) is 4.27. The van der Waals surface area contributed by atoms with E-state index in [-0.39, 0.29) is 11.4 Å². The van der Waals surface area contributed by atoms with Crippen molar-refractivity contribution in [3.8, 4) is 0 Å². The van der Waals surface area contributed by atoms with E-state index in [1.54, 1.807) is 6.92 Å². The van der Waals surface area contributed by atoms with Crippen molar-refractivity contribution in [3.05, 3.63) is 67.8 Å². The number of benzene rings is 2. The Labute approximate surface area is 125 Å². The van der Waals surface area contributed by atoms with E-state index in [2.05, 4.69) is 0 Å². The molecule has 2 aromatic rings. The molecule has 2 aromatic carbocycles. The molecule has 0 aromatic heterocycles. The monoisotopic (exact) mass is 304 g/mol. The van der Waals surface area contributed by atoms with Gasteiger partial charge in [0.25, 0.3) is 11.4 Å². The maximum atomic E-state index is 11.0. The third kappa shape index (κ3) is 3.38. The Balaban J connectivity index is 2.48. The Morgan fingerprint density at radius 2 is 1.57 bits per heavy atom. The number of non-ortho nitro benzene ring substituents is 1. The third-order valence-corrected chi connectivity index (χ3v) is 4.13. The van der Waals surface area contributed by atoms with Gasteiger partial charge < -0.3 is 0 Å². The molecular weight excluding hydrogens is 292 g/mol. The number of aryl methyl sites for hydroxylation is 1. The highest BCUT2D eigenvalue weighted by Gasteiger charge is 2.21. The van der Waals surface area contributed by atoms with Gasteiger partial charge in [-0.15, -0.1) is 0 Å². The Morgan fingerprint density at radius 3 is 2.10 bits per heavy atom. The maximum Gasteiger partial charge on any atom is 0.280 e. The van der Waals surface area contributed by atoms with Crippen LogP contribution in [0, 0.1) is 34.1 Å². The van der Waals surface area contributed by atoms with Gasteiger partial charge in [-0.05, 0) is 26.0 Å². The molecule has 0 aliphatic heterocycles. The first kappa shape index (κ1) is 15.0. The smallest absolute Gasteiger partial charge is 0.258 e. The van der Waals surface area contributed by atoms with Crippen LogP contribution < -0.4 is 0 Å². The molecule has 0 unspecified atom stereocenters. The zero-order valence-corrected chi connectivity index (χ0v) is 12.2. The van der Waals surface area contributed by atoms with Gasteiger partial charge in [-0.2, -0.15) is 0 Å². The van der Waals surface area contributed by atoms with Gasteiger partial charge in [0.15, 0.2) is 0 Å². The average Bonchev–Trinajstić information content (AvgIpc) is 2.42. The summed E-state index contributed by atoms with van der Waals surface area (Å²) >= 11 is 1.28. The van der Waals surface area contributed by atoms with Gasteiger partial charge in [0.05, 0.1) is 15.9 Å². The molecule has 0 atom stereocenters. The zero-order chi connectivity index (χ0) is 15.6. The van der Waals surface area contributed by atoms with Gasteiger partial charge in [-0.3, -0.25) is 20.2 Å². The molecule has 0 heterocycles. The topological polar surface area (TPSA) is 86.3 Å². The van der Waals surface area contributed by atoms with Crippen LogP contribution in [0.25, 0.3) is 0 Å². The van der Waals surface area contributed by atoms with Crippen LogP contribution in [0.1, 0.15) is 11.1 Å². The largest absolute Gasteiger partial charge is 0.280 e. The summed E-state index contributed by atoms with van der Waals surface area (Å²) < 4.78 is 0. The zero-order valence-electron chi connectivity index (χ0n) is 11.4. The molecule has 0 spiro atoms. The molecule has 0 saturated carbocycles. The van der Waals surface area contributed by atoms with Crippen LogP contribution in [-0.2, 0) is 0 Å². The lowest BCUT2D eigenvalue weighted by Gasteiger charge is -2.07. The van der Waals surface area contributed by atoms with Crippen LogP contribution in [0.2, 0.25) is 0 Å². The Morgan fingerprint density at radius 1 is 0.952 bits per heavy atom. The summed E-state index contributed by atoms with van der Waals surface area (Å²) in [5.41, 5.74) is 1.01. The first-order valence-corrected chi connectivity index (χ1v) is 6.88. The lowest BCUT2D eigenvalue weighted by molar-refractivity contribution is -0.394. The van der Waals surface area contributed by atoms with Gasteiger partial charge in [0.1, 0.15) is 0 Å². The second-order valence-electron chi connectivity index (χ2n) is 4.52. The summed E-state index contributed by atoms with van der Waals surface area (Å²) in [5.74, 6) is 0. The van der Waals surface area contributed by atoms with Gasteiger partial charge >= 0.3 is 0 Å². The van der Waals surface area contributed by atoms with Crippen molar-refractivity contribution in [3.63, 3.8) is 0 Å². The standard InChI is InChI=1S/C14H12N2O4S/c1-9-3-5-12(6-4-9)21-14-8-11(15(17)18)7-13(10(14)2)16(19)20/h3-8H,1-2H3. The fourth-order valence-corrected chi connectivity index (χ4v) is 2.76. The number of nitro groups is 2. The number of hydrogen-bond acceptors (Lipinski definition) is 5. The van der Waals surface area contributed by atoms with Gasteiger partial charge in [0, 0.05) is 21.4 Å². The highest BCUT2D eigenvalue weighted by atomic mass is 32.2. The van der Waals surface area contributed by atoms with Crippen LogP contribution in [0.5, 0.6) is 0 Å². The van der Waals surface area contributed by atoms with E-state index in [4.69, 9.17) is 0 Å². The number of nitrogens with zero attached hydrogens (tertiary/aromatic N) is 2. The van der Waals surface area contributed by atoms with Crippen molar-refractivity contribution in [2.45, 2.75) is 23.6 Å². The average molecular weight is 304 g/mol. The van der Waals surface area contributed by atoms with Crippen LogP contribution in [0.4, 0.5) is 11.4 Å². The molecule has 0 saturated heterocycles. The molecule has 7 heteroatoms. The summed E-state index contributed by atoms with van der Waals surface area (Å²) in [7, 11) is 0. The number of hydrogen-bond donors (Lipinski definition) is 0. The Hall–Kier alpha value is -2.41. The quantitative estimate of drug-likeness (QED) is 0.621. The minimum Gasteiger partial charge on any atom is -0.258 e. The summed E-state index contributed by atoms with van der Waals surface area (Å²) in [5, 5.41) is 21.9. The molecular formula is C14H12N2O4S. The normalized spacial score (nSPS) is 10.4. The lowest BCUT2D eigenvalue weighted by atomic mass is 10.2. The van der Waals surface area contributed by atoms with Crippen molar-refractivity contribution in [2.24, 2.45) is 0 Å². The first-order chi connectivity index (χ1) is 9.88. The fourth-order valence-electron chi connectivity index (χ4n) is 1.79. The minimum absolute atomic E-state index is 0.237. The Kier molecular flexibility index (Phi) is 4.23. The molecule has 0 aliphatic rings. The van der Waals surface area contributed by atoms with Crippen molar-refractivity contribution < 1.29 is 9.85 Å². The molecule has 2 rings (SSSR count). The Bertz CT molecular complexity index is 714. The summed E-state index contributed by atoms with van der Waals surface area (Å²) in [4.78, 5) is 22.1.